The molecule has 0 aliphatic carbocycles. The lowest BCUT2D eigenvalue weighted by molar-refractivity contribution is -0.141. The molecule has 0 saturated carbocycles. The molecule has 0 amide bonds. The first kappa shape index (κ1) is 22.4. The number of pyridine rings is 1. The SMILES string of the molecule is CC1=C(c2ncnn2-c2ccc(C)cn2)[C@@H](c2ccc(Cl)c(Cl)c2)n2nc(C(F)(F)F)cc2N1. The normalized spacial score (nSPS) is 15.9. The number of hydrogen-bond donors (Lipinski definition) is 1. The summed E-state index contributed by atoms with van der Waals surface area (Å²) in [6.45, 7) is 3.67. The van der Waals surface area contributed by atoms with Crippen LogP contribution in [0.25, 0.3) is 11.4 Å². The number of benzene rings is 1. The van der Waals surface area contributed by atoms with E-state index in [4.69, 9.17) is 23.2 Å². The first-order valence-corrected chi connectivity index (χ1v) is 10.8. The van der Waals surface area contributed by atoms with Gasteiger partial charge in [-0.25, -0.2) is 14.6 Å². The molecule has 1 aliphatic rings. The van der Waals surface area contributed by atoms with Crippen LogP contribution in [-0.4, -0.2) is 29.5 Å². The third kappa shape index (κ3) is 3.82. The van der Waals surface area contributed by atoms with Crippen molar-refractivity contribution in [3.63, 3.8) is 0 Å². The summed E-state index contributed by atoms with van der Waals surface area (Å²) >= 11 is 12.4. The van der Waals surface area contributed by atoms with Gasteiger partial charge in [0.15, 0.2) is 17.3 Å². The topological polar surface area (TPSA) is 73.5 Å². The minimum atomic E-state index is -4.62. The molecule has 1 atom stereocenters. The van der Waals surface area contributed by atoms with Crippen molar-refractivity contribution < 1.29 is 13.2 Å². The van der Waals surface area contributed by atoms with Crippen LogP contribution in [-0.2, 0) is 6.18 Å². The fraction of sp³-hybridized carbons (Fsp3) is 0.182. The molecule has 7 nitrogen and oxygen atoms in total. The van der Waals surface area contributed by atoms with Gasteiger partial charge in [0.1, 0.15) is 18.2 Å². The number of nitrogens with zero attached hydrogens (tertiary/aromatic N) is 6. The Labute approximate surface area is 201 Å². The van der Waals surface area contributed by atoms with Gasteiger partial charge in [0.05, 0.1) is 10.0 Å². The number of fused-ring (bicyclic) bond motifs is 1. The van der Waals surface area contributed by atoms with E-state index in [0.717, 1.165) is 11.6 Å². The number of aryl methyl sites for hydroxylation is 1. The van der Waals surface area contributed by atoms with Gasteiger partial charge in [0.25, 0.3) is 0 Å². The molecule has 0 saturated heterocycles. The van der Waals surface area contributed by atoms with Crippen LogP contribution in [0.1, 0.15) is 35.6 Å². The van der Waals surface area contributed by atoms with Crippen LogP contribution in [0.15, 0.2) is 54.6 Å². The van der Waals surface area contributed by atoms with Gasteiger partial charge in [-0.15, -0.1) is 0 Å². The highest BCUT2D eigenvalue weighted by atomic mass is 35.5. The number of alkyl halides is 3. The molecule has 174 valence electrons. The number of aromatic nitrogens is 6. The number of nitrogens with one attached hydrogen (secondary N) is 1. The van der Waals surface area contributed by atoms with E-state index in [1.807, 2.05) is 13.0 Å². The maximum atomic E-state index is 13.5. The summed E-state index contributed by atoms with van der Waals surface area (Å²) in [7, 11) is 0. The Kier molecular flexibility index (Phi) is 5.37. The molecular weight excluding hydrogens is 490 g/mol. The van der Waals surface area contributed by atoms with Crippen LogP contribution in [0.4, 0.5) is 19.0 Å². The van der Waals surface area contributed by atoms with Crippen LogP contribution in [0.3, 0.4) is 0 Å². The number of hydrogen-bond acceptors (Lipinski definition) is 5. The van der Waals surface area contributed by atoms with E-state index in [-0.39, 0.29) is 10.8 Å². The highest BCUT2D eigenvalue weighted by Gasteiger charge is 2.39. The fourth-order valence-electron chi connectivity index (χ4n) is 3.87. The second kappa shape index (κ2) is 8.14. The molecule has 0 spiro atoms. The van der Waals surface area contributed by atoms with Crippen molar-refractivity contribution in [3.8, 4) is 5.82 Å². The lowest BCUT2D eigenvalue weighted by Gasteiger charge is -2.30. The molecule has 12 heteroatoms. The molecule has 1 aliphatic heterocycles. The van der Waals surface area contributed by atoms with E-state index >= 15 is 0 Å². The Morgan fingerprint density at radius 3 is 2.47 bits per heavy atom. The first-order valence-electron chi connectivity index (χ1n) is 10.1. The molecule has 0 unspecified atom stereocenters. The van der Waals surface area contributed by atoms with E-state index in [1.54, 1.807) is 37.4 Å². The first-order chi connectivity index (χ1) is 16.1. The van der Waals surface area contributed by atoms with Crippen molar-refractivity contribution in [3.05, 3.63) is 87.3 Å². The van der Waals surface area contributed by atoms with Gasteiger partial charge in [-0.1, -0.05) is 35.3 Å². The number of anilines is 1. The van der Waals surface area contributed by atoms with Crippen molar-refractivity contribution in [2.24, 2.45) is 0 Å². The maximum Gasteiger partial charge on any atom is 0.435 e. The molecule has 0 fully saturated rings. The van der Waals surface area contributed by atoms with Gasteiger partial charge >= 0.3 is 6.18 Å². The Hall–Kier alpha value is -3.37. The smallest absolute Gasteiger partial charge is 0.344 e. The third-order valence-corrected chi connectivity index (χ3v) is 6.16. The molecule has 1 aromatic carbocycles. The van der Waals surface area contributed by atoms with Crippen molar-refractivity contribution in [2.75, 3.05) is 5.32 Å². The van der Waals surface area contributed by atoms with Gasteiger partial charge in [-0.05, 0) is 43.2 Å². The van der Waals surface area contributed by atoms with Crippen LogP contribution in [0.5, 0.6) is 0 Å². The molecule has 0 bridgehead atoms. The Balaban J connectivity index is 1.73. The molecular formula is C22H16Cl2F3N7. The van der Waals surface area contributed by atoms with Crippen molar-refractivity contribution in [1.29, 1.82) is 0 Å². The van der Waals surface area contributed by atoms with Gasteiger partial charge < -0.3 is 5.32 Å². The van der Waals surface area contributed by atoms with Crippen molar-refractivity contribution >= 4 is 34.6 Å². The zero-order chi connectivity index (χ0) is 24.2. The predicted molar refractivity (Wildman–Crippen MR) is 122 cm³/mol. The summed E-state index contributed by atoms with van der Waals surface area (Å²) in [5.74, 6) is 1.09. The molecule has 0 radical (unpaired) electrons. The number of halogens is 5. The van der Waals surface area contributed by atoms with E-state index in [1.165, 1.54) is 15.7 Å². The van der Waals surface area contributed by atoms with Gasteiger partial charge in [-0.2, -0.15) is 28.1 Å². The number of rotatable bonds is 3. The second-order valence-corrected chi connectivity index (χ2v) is 8.60. The summed E-state index contributed by atoms with van der Waals surface area (Å²) < 4.78 is 43.3. The summed E-state index contributed by atoms with van der Waals surface area (Å²) in [5.41, 5.74) is 1.67. The Morgan fingerprint density at radius 2 is 1.79 bits per heavy atom. The average molecular weight is 506 g/mol. The minimum absolute atomic E-state index is 0.184. The molecule has 5 rings (SSSR count). The molecule has 4 aromatic rings. The highest BCUT2D eigenvalue weighted by molar-refractivity contribution is 6.42. The van der Waals surface area contributed by atoms with E-state index < -0.39 is 17.9 Å². The van der Waals surface area contributed by atoms with Gasteiger partial charge in [-0.3, -0.25) is 0 Å². The monoisotopic (exact) mass is 505 g/mol. The standard InChI is InChI=1S/C22H16Cl2F3N7/c1-11-3-6-17(28-9-11)34-21(29-10-30-34)19-12(2)31-18-8-16(22(25,26)27)32-33(18)20(19)13-4-5-14(23)15(24)7-13/h3-10,20,31H,1-2H3/t20-/m1/s1. The van der Waals surface area contributed by atoms with Crippen LogP contribution < -0.4 is 5.32 Å². The van der Waals surface area contributed by atoms with Crippen molar-refractivity contribution in [1.82, 2.24) is 29.5 Å². The van der Waals surface area contributed by atoms with E-state index in [0.29, 0.717) is 33.5 Å². The summed E-state index contributed by atoms with van der Waals surface area (Å²) in [6, 6.07) is 8.74. The molecule has 34 heavy (non-hydrogen) atoms. The van der Waals surface area contributed by atoms with Crippen LogP contribution in [0.2, 0.25) is 10.0 Å². The lowest BCUT2D eigenvalue weighted by atomic mass is 9.95. The summed E-state index contributed by atoms with van der Waals surface area (Å²) in [4.78, 5) is 8.84. The maximum absolute atomic E-state index is 13.5. The van der Waals surface area contributed by atoms with Crippen LogP contribution in [0, 0.1) is 6.92 Å². The fourth-order valence-corrected chi connectivity index (χ4v) is 4.17. The quantitative estimate of drug-likeness (QED) is 0.373. The Bertz CT molecular complexity index is 1420. The van der Waals surface area contributed by atoms with Gasteiger partial charge in [0.2, 0.25) is 0 Å². The summed E-state index contributed by atoms with van der Waals surface area (Å²) in [5, 5.41) is 11.8. The lowest BCUT2D eigenvalue weighted by Crippen LogP contribution is -2.25. The zero-order valence-electron chi connectivity index (χ0n) is 17.8. The third-order valence-electron chi connectivity index (χ3n) is 5.42. The Morgan fingerprint density at radius 1 is 1.00 bits per heavy atom. The molecule has 4 heterocycles. The van der Waals surface area contributed by atoms with E-state index in [9.17, 15) is 13.2 Å². The molecule has 3 aromatic heterocycles. The highest BCUT2D eigenvalue weighted by Crippen LogP contribution is 2.43. The zero-order valence-corrected chi connectivity index (χ0v) is 19.3. The van der Waals surface area contributed by atoms with E-state index in [2.05, 4.69) is 25.5 Å². The van der Waals surface area contributed by atoms with Crippen molar-refractivity contribution in [2.45, 2.75) is 26.1 Å². The predicted octanol–water partition coefficient (Wildman–Crippen LogP) is 5.94. The average Bonchev–Trinajstić information content (AvgIpc) is 3.42. The largest absolute Gasteiger partial charge is 0.435 e. The minimum Gasteiger partial charge on any atom is -0.344 e. The van der Waals surface area contributed by atoms with Gasteiger partial charge in [0, 0.05) is 23.5 Å². The van der Waals surface area contributed by atoms with Crippen LogP contribution >= 0.6 is 23.2 Å². The molecule has 1 N–H and O–H groups in total. The second-order valence-electron chi connectivity index (χ2n) is 7.79. The summed E-state index contributed by atoms with van der Waals surface area (Å²) in [6.07, 6.45) is -1.56. The number of allylic oxidation sites excluding steroid dienone is 2.